The molecular weight excluding hydrogens is 221 g/mol. The second kappa shape index (κ2) is 4.99. The molecule has 0 aliphatic carbocycles. The van der Waals surface area contributed by atoms with E-state index in [1.807, 2.05) is 20.8 Å². The zero-order chi connectivity index (χ0) is 13.1. The van der Waals surface area contributed by atoms with Gasteiger partial charge < -0.3 is 10.4 Å². The second-order valence-corrected chi connectivity index (χ2v) is 4.78. The summed E-state index contributed by atoms with van der Waals surface area (Å²) in [6, 6.07) is 3.56. The van der Waals surface area contributed by atoms with Crippen molar-refractivity contribution in [1.82, 2.24) is 5.32 Å². The number of rotatable bonds is 2. The van der Waals surface area contributed by atoms with Crippen LogP contribution in [0.15, 0.2) is 24.3 Å². The Bertz CT molecular complexity index is 447. The van der Waals surface area contributed by atoms with Crippen molar-refractivity contribution in [1.29, 1.82) is 0 Å². The third kappa shape index (κ3) is 4.68. The van der Waals surface area contributed by atoms with Crippen molar-refractivity contribution in [3.05, 3.63) is 35.7 Å². The first kappa shape index (κ1) is 13.2. The highest BCUT2D eigenvalue weighted by Crippen LogP contribution is 2.19. The smallest absolute Gasteiger partial charge is 0.244 e. The van der Waals surface area contributed by atoms with Gasteiger partial charge in [0, 0.05) is 17.2 Å². The highest BCUT2D eigenvalue weighted by atomic mass is 19.1. The fourth-order valence-electron chi connectivity index (χ4n) is 1.24. The number of hydrogen-bond acceptors (Lipinski definition) is 2. The lowest BCUT2D eigenvalue weighted by Gasteiger charge is -2.18. The van der Waals surface area contributed by atoms with E-state index in [1.54, 1.807) is 0 Å². The van der Waals surface area contributed by atoms with E-state index in [-0.39, 0.29) is 22.8 Å². The summed E-state index contributed by atoms with van der Waals surface area (Å²) in [6.45, 7) is 5.58. The van der Waals surface area contributed by atoms with Crippen molar-refractivity contribution >= 4 is 12.0 Å². The maximum atomic E-state index is 12.9. The quantitative estimate of drug-likeness (QED) is 0.776. The number of aromatic hydroxyl groups is 1. The van der Waals surface area contributed by atoms with Crippen LogP contribution in [0, 0.1) is 5.82 Å². The lowest BCUT2D eigenvalue weighted by atomic mass is 10.1. The maximum Gasteiger partial charge on any atom is 0.244 e. The molecule has 1 amide bonds. The minimum atomic E-state index is -0.460. The average molecular weight is 237 g/mol. The molecule has 0 fully saturated rings. The van der Waals surface area contributed by atoms with Gasteiger partial charge in [-0.2, -0.15) is 0 Å². The molecule has 0 aliphatic heterocycles. The van der Waals surface area contributed by atoms with Gasteiger partial charge in [-0.05, 0) is 45.0 Å². The van der Waals surface area contributed by atoms with Crippen LogP contribution in [0.5, 0.6) is 5.75 Å². The van der Waals surface area contributed by atoms with Crippen molar-refractivity contribution in [3.8, 4) is 5.75 Å². The van der Waals surface area contributed by atoms with E-state index in [0.717, 1.165) is 12.1 Å². The van der Waals surface area contributed by atoms with Crippen LogP contribution in [0.2, 0.25) is 0 Å². The van der Waals surface area contributed by atoms with Crippen molar-refractivity contribution in [2.45, 2.75) is 26.3 Å². The molecule has 0 heterocycles. The minimum absolute atomic E-state index is 0.0637. The summed E-state index contributed by atoms with van der Waals surface area (Å²) in [5, 5.41) is 12.2. The van der Waals surface area contributed by atoms with Gasteiger partial charge in [0.1, 0.15) is 11.6 Å². The number of phenolic OH excluding ortho intramolecular Hbond substituents is 1. The molecule has 0 spiro atoms. The van der Waals surface area contributed by atoms with Crippen molar-refractivity contribution in [2.24, 2.45) is 0 Å². The van der Waals surface area contributed by atoms with Gasteiger partial charge in [0.15, 0.2) is 0 Å². The second-order valence-electron chi connectivity index (χ2n) is 4.78. The Morgan fingerprint density at radius 1 is 1.41 bits per heavy atom. The predicted octanol–water partition coefficient (Wildman–Crippen LogP) is 2.46. The summed E-state index contributed by atoms with van der Waals surface area (Å²) >= 11 is 0. The highest BCUT2D eigenvalue weighted by molar-refractivity contribution is 5.92. The van der Waals surface area contributed by atoms with Gasteiger partial charge in [-0.3, -0.25) is 4.79 Å². The summed E-state index contributed by atoms with van der Waals surface area (Å²) in [6.07, 6.45) is 2.64. The molecule has 1 rings (SSSR count). The Morgan fingerprint density at radius 3 is 2.65 bits per heavy atom. The van der Waals surface area contributed by atoms with Gasteiger partial charge in [-0.1, -0.05) is 0 Å². The molecule has 0 saturated heterocycles. The van der Waals surface area contributed by atoms with Crippen LogP contribution in [0.25, 0.3) is 6.08 Å². The molecule has 0 bridgehead atoms. The van der Waals surface area contributed by atoms with E-state index >= 15 is 0 Å². The Morgan fingerprint density at radius 2 is 2.06 bits per heavy atom. The Labute approximate surface area is 100.0 Å². The number of carbonyl (C=O) groups is 1. The van der Waals surface area contributed by atoms with E-state index < -0.39 is 5.82 Å². The standard InChI is InChI=1S/C13H16FNO2/c1-13(2,3)15-12(17)7-4-9-8-10(14)5-6-11(9)16/h4-8,16H,1-3H3,(H,15,17)/b7-4+. The first-order chi connectivity index (χ1) is 7.78. The van der Waals surface area contributed by atoms with E-state index in [0.29, 0.717) is 0 Å². The van der Waals surface area contributed by atoms with Crippen LogP contribution in [0.3, 0.4) is 0 Å². The number of benzene rings is 1. The lowest BCUT2D eigenvalue weighted by Crippen LogP contribution is -2.39. The van der Waals surface area contributed by atoms with Crippen LogP contribution in [0.4, 0.5) is 4.39 Å². The van der Waals surface area contributed by atoms with Crippen LogP contribution >= 0.6 is 0 Å². The number of nitrogens with one attached hydrogen (secondary N) is 1. The van der Waals surface area contributed by atoms with Crippen LogP contribution in [-0.2, 0) is 4.79 Å². The predicted molar refractivity (Wildman–Crippen MR) is 65.0 cm³/mol. The molecule has 0 saturated carbocycles. The number of carbonyl (C=O) groups excluding carboxylic acids is 1. The van der Waals surface area contributed by atoms with E-state index in [2.05, 4.69) is 5.32 Å². The van der Waals surface area contributed by atoms with Gasteiger partial charge in [0.05, 0.1) is 0 Å². The lowest BCUT2D eigenvalue weighted by molar-refractivity contribution is -0.117. The Hall–Kier alpha value is -1.84. The third-order valence-corrected chi connectivity index (χ3v) is 1.90. The fourth-order valence-corrected chi connectivity index (χ4v) is 1.24. The molecule has 4 heteroatoms. The molecule has 0 aromatic heterocycles. The van der Waals surface area contributed by atoms with Gasteiger partial charge in [0.25, 0.3) is 0 Å². The zero-order valence-corrected chi connectivity index (χ0v) is 10.1. The normalized spacial score (nSPS) is 11.8. The SMILES string of the molecule is CC(C)(C)NC(=O)/C=C/c1cc(F)ccc1O. The zero-order valence-electron chi connectivity index (χ0n) is 10.1. The summed E-state index contributed by atoms with van der Waals surface area (Å²) < 4.78 is 12.9. The van der Waals surface area contributed by atoms with E-state index in [4.69, 9.17) is 0 Å². The largest absolute Gasteiger partial charge is 0.507 e. The number of halogens is 1. The Balaban J connectivity index is 2.77. The number of hydrogen-bond donors (Lipinski definition) is 2. The molecule has 0 unspecified atom stereocenters. The van der Waals surface area contributed by atoms with Crippen LogP contribution in [-0.4, -0.2) is 16.6 Å². The van der Waals surface area contributed by atoms with Gasteiger partial charge in [0.2, 0.25) is 5.91 Å². The third-order valence-electron chi connectivity index (χ3n) is 1.90. The molecule has 3 nitrogen and oxygen atoms in total. The molecule has 2 N–H and O–H groups in total. The number of amides is 1. The minimum Gasteiger partial charge on any atom is -0.507 e. The Kier molecular flexibility index (Phi) is 3.89. The summed E-state index contributed by atoms with van der Waals surface area (Å²) in [5.41, 5.74) is -0.0557. The molecular formula is C13H16FNO2. The van der Waals surface area contributed by atoms with Crippen molar-refractivity contribution < 1.29 is 14.3 Å². The molecule has 0 atom stereocenters. The molecule has 1 aromatic rings. The first-order valence-electron chi connectivity index (χ1n) is 5.27. The number of phenols is 1. The summed E-state index contributed by atoms with van der Waals surface area (Å²) in [7, 11) is 0. The topological polar surface area (TPSA) is 49.3 Å². The molecule has 92 valence electrons. The highest BCUT2D eigenvalue weighted by Gasteiger charge is 2.11. The van der Waals surface area contributed by atoms with Gasteiger partial charge >= 0.3 is 0 Å². The van der Waals surface area contributed by atoms with Gasteiger partial charge in [-0.25, -0.2) is 4.39 Å². The van der Waals surface area contributed by atoms with Crippen molar-refractivity contribution in [3.63, 3.8) is 0 Å². The van der Waals surface area contributed by atoms with Crippen LogP contribution < -0.4 is 5.32 Å². The summed E-state index contributed by atoms with van der Waals surface area (Å²) in [5.74, 6) is -0.814. The molecule has 17 heavy (non-hydrogen) atoms. The monoisotopic (exact) mass is 237 g/mol. The molecule has 0 aliphatic rings. The fraction of sp³-hybridized carbons (Fsp3) is 0.308. The summed E-state index contributed by atoms with van der Waals surface area (Å²) in [4.78, 5) is 11.5. The van der Waals surface area contributed by atoms with Crippen molar-refractivity contribution in [2.75, 3.05) is 0 Å². The molecule has 1 aromatic carbocycles. The van der Waals surface area contributed by atoms with Crippen LogP contribution in [0.1, 0.15) is 26.3 Å². The van der Waals surface area contributed by atoms with E-state index in [1.165, 1.54) is 18.2 Å². The maximum absolute atomic E-state index is 12.9. The average Bonchev–Trinajstić information content (AvgIpc) is 2.17. The first-order valence-corrected chi connectivity index (χ1v) is 5.27. The molecule has 0 radical (unpaired) electrons. The van der Waals surface area contributed by atoms with E-state index in [9.17, 15) is 14.3 Å². The van der Waals surface area contributed by atoms with Gasteiger partial charge in [-0.15, -0.1) is 0 Å².